The van der Waals surface area contributed by atoms with Gasteiger partial charge in [0.25, 0.3) is 0 Å². The summed E-state index contributed by atoms with van der Waals surface area (Å²) in [5.41, 5.74) is 0.316. The minimum atomic E-state index is 0.0785. The van der Waals surface area contributed by atoms with Gasteiger partial charge in [-0.3, -0.25) is 4.79 Å². The second kappa shape index (κ2) is 3.90. The molecule has 1 amide bonds. The molecule has 1 heterocycles. The maximum Gasteiger partial charge on any atom is 0.216 e. The second-order valence-electron chi connectivity index (χ2n) is 3.97. The highest BCUT2D eigenvalue weighted by Gasteiger charge is 2.26. The molecule has 1 aliphatic heterocycles. The van der Waals surface area contributed by atoms with Crippen molar-refractivity contribution >= 4 is 5.91 Å². The smallest absolute Gasteiger partial charge is 0.216 e. The van der Waals surface area contributed by atoms with Gasteiger partial charge in [-0.2, -0.15) is 0 Å². The fourth-order valence-electron chi connectivity index (χ4n) is 1.54. The van der Waals surface area contributed by atoms with Crippen molar-refractivity contribution in [3.05, 3.63) is 0 Å². The van der Waals surface area contributed by atoms with Crippen molar-refractivity contribution in [2.75, 3.05) is 19.6 Å². The maximum absolute atomic E-state index is 10.7. The second-order valence-corrected chi connectivity index (χ2v) is 3.97. The van der Waals surface area contributed by atoms with Gasteiger partial charge in [0.2, 0.25) is 5.91 Å². The lowest BCUT2D eigenvalue weighted by Crippen LogP contribution is -2.42. The predicted molar refractivity (Wildman–Crippen MR) is 48.9 cm³/mol. The van der Waals surface area contributed by atoms with Crippen LogP contribution >= 0.6 is 0 Å². The van der Waals surface area contributed by atoms with Gasteiger partial charge in [0.1, 0.15) is 0 Å². The van der Waals surface area contributed by atoms with Gasteiger partial charge in [0, 0.05) is 13.5 Å². The van der Waals surface area contributed by atoms with Gasteiger partial charge < -0.3 is 10.6 Å². The molecular formula is C9H18N2O. The fraction of sp³-hybridized carbons (Fsp3) is 0.889. The van der Waals surface area contributed by atoms with Gasteiger partial charge >= 0.3 is 0 Å². The van der Waals surface area contributed by atoms with Crippen molar-refractivity contribution in [3.63, 3.8) is 0 Å². The van der Waals surface area contributed by atoms with Crippen LogP contribution in [0.2, 0.25) is 0 Å². The molecule has 0 unspecified atom stereocenters. The van der Waals surface area contributed by atoms with Crippen LogP contribution in [0.3, 0.4) is 0 Å². The molecule has 3 nitrogen and oxygen atoms in total. The van der Waals surface area contributed by atoms with Crippen molar-refractivity contribution in [3.8, 4) is 0 Å². The molecule has 0 bridgehead atoms. The summed E-state index contributed by atoms with van der Waals surface area (Å²) in [7, 11) is 0. The highest BCUT2D eigenvalue weighted by Crippen LogP contribution is 2.26. The predicted octanol–water partition coefficient (Wildman–Crippen LogP) is 0.512. The van der Waals surface area contributed by atoms with E-state index in [9.17, 15) is 4.79 Å². The van der Waals surface area contributed by atoms with E-state index in [4.69, 9.17) is 0 Å². The summed E-state index contributed by atoms with van der Waals surface area (Å²) in [4.78, 5) is 10.7. The largest absolute Gasteiger partial charge is 0.356 e. The van der Waals surface area contributed by atoms with Crippen molar-refractivity contribution in [1.82, 2.24) is 10.6 Å². The van der Waals surface area contributed by atoms with Gasteiger partial charge in [0.05, 0.1) is 0 Å². The van der Waals surface area contributed by atoms with Crippen molar-refractivity contribution < 1.29 is 4.79 Å². The molecule has 0 atom stereocenters. The van der Waals surface area contributed by atoms with E-state index in [1.807, 2.05) is 0 Å². The minimum Gasteiger partial charge on any atom is -0.356 e. The van der Waals surface area contributed by atoms with Gasteiger partial charge in [-0.25, -0.2) is 0 Å². The number of hydrogen-bond donors (Lipinski definition) is 2. The van der Waals surface area contributed by atoms with E-state index in [2.05, 4.69) is 17.6 Å². The normalized spacial score (nSPS) is 21.8. The number of amides is 1. The van der Waals surface area contributed by atoms with Gasteiger partial charge in [0.15, 0.2) is 0 Å². The molecule has 1 fully saturated rings. The molecule has 1 saturated heterocycles. The molecule has 0 saturated carbocycles. The Morgan fingerprint density at radius 3 is 2.58 bits per heavy atom. The zero-order valence-corrected chi connectivity index (χ0v) is 7.94. The van der Waals surface area contributed by atoms with Crippen LogP contribution in [0.5, 0.6) is 0 Å². The van der Waals surface area contributed by atoms with Crippen LogP contribution in [0.1, 0.15) is 26.7 Å². The van der Waals surface area contributed by atoms with Crippen LogP contribution < -0.4 is 10.6 Å². The minimum absolute atomic E-state index is 0.0785. The quantitative estimate of drug-likeness (QED) is 0.634. The molecule has 1 aliphatic rings. The molecule has 0 spiro atoms. The highest BCUT2D eigenvalue weighted by molar-refractivity contribution is 5.72. The summed E-state index contributed by atoms with van der Waals surface area (Å²) in [5.74, 6) is 0.0785. The van der Waals surface area contributed by atoms with Crippen molar-refractivity contribution in [2.24, 2.45) is 5.41 Å². The van der Waals surface area contributed by atoms with Crippen molar-refractivity contribution in [1.29, 1.82) is 0 Å². The van der Waals surface area contributed by atoms with Crippen LogP contribution in [0, 0.1) is 5.41 Å². The van der Waals surface area contributed by atoms with Crippen LogP contribution in [0.15, 0.2) is 0 Å². The van der Waals surface area contributed by atoms with E-state index in [0.717, 1.165) is 32.5 Å². The standard InChI is InChI=1S/C9H18N2O/c1-8(12)11-7-9(2)3-5-10-6-4-9/h10H,3-7H2,1-2H3,(H,11,12). The number of nitrogens with one attached hydrogen (secondary N) is 2. The molecular weight excluding hydrogens is 152 g/mol. The van der Waals surface area contributed by atoms with E-state index in [1.54, 1.807) is 6.92 Å². The Balaban J connectivity index is 2.31. The number of carbonyl (C=O) groups excluding carboxylic acids is 1. The SMILES string of the molecule is CC(=O)NCC1(C)CCNCC1. The fourth-order valence-corrected chi connectivity index (χ4v) is 1.54. The zero-order chi connectivity index (χ0) is 9.03. The first-order valence-electron chi connectivity index (χ1n) is 4.58. The highest BCUT2D eigenvalue weighted by atomic mass is 16.1. The average molecular weight is 170 g/mol. The Labute approximate surface area is 73.9 Å². The van der Waals surface area contributed by atoms with E-state index < -0.39 is 0 Å². The third kappa shape index (κ3) is 2.81. The first-order valence-corrected chi connectivity index (χ1v) is 4.58. The monoisotopic (exact) mass is 170 g/mol. The number of rotatable bonds is 2. The lowest BCUT2D eigenvalue weighted by atomic mass is 9.81. The molecule has 0 radical (unpaired) electrons. The summed E-state index contributed by atoms with van der Waals surface area (Å²) in [6.45, 7) is 6.80. The Morgan fingerprint density at radius 1 is 1.50 bits per heavy atom. The molecule has 0 aliphatic carbocycles. The Kier molecular flexibility index (Phi) is 3.09. The zero-order valence-electron chi connectivity index (χ0n) is 7.94. The molecule has 0 aromatic carbocycles. The molecule has 12 heavy (non-hydrogen) atoms. The number of piperidine rings is 1. The lowest BCUT2D eigenvalue weighted by Gasteiger charge is -2.33. The molecule has 2 N–H and O–H groups in total. The molecule has 1 rings (SSSR count). The van der Waals surface area contributed by atoms with Gasteiger partial charge in [-0.05, 0) is 31.3 Å². The van der Waals surface area contributed by atoms with Gasteiger partial charge in [-0.1, -0.05) is 6.92 Å². The van der Waals surface area contributed by atoms with Crippen LogP contribution in [-0.2, 0) is 4.79 Å². The van der Waals surface area contributed by atoms with E-state index in [1.165, 1.54) is 0 Å². The lowest BCUT2D eigenvalue weighted by molar-refractivity contribution is -0.119. The maximum atomic E-state index is 10.7. The summed E-state index contributed by atoms with van der Waals surface area (Å²) in [6, 6.07) is 0. The third-order valence-corrected chi connectivity index (χ3v) is 2.57. The summed E-state index contributed by atoms with van der Waals surface area (Å²) < 4.78 is 0. The van der Waals surface area contributed by atoms with Crippen molar-refractivity contribution in [2.45, 2.75) is 26.7 Å². The van der Waals surface area contributed by atoms with Crippen LogP contribution in [-0.4, -0.2) is 25.5 Å². The van der Waals surface area contributed by atoms with Crippen LogP contribution in [0.4, 0.5) is 0 Å². The summed E-state index contributed by atoms with van der Waals surface area (Å²) in [6.07, 6.45) is 2.32. The summed E-state index contributed by atoms with van der Waals surface area (Å²) >= 11 is 0. The molecule has 3 heteroatoms. The average Bonchev–Trinajstić information content (AvgIpc) is 2.03. The topological polar surface area (TPSA) is 41.1 Å². The van der Waals surface area contributed by atoms with E-state index in [0.29, 0.717) is 5.41 Å². The van der Waals surface area contributed by atoms with Crippen LogP contribution in [0.25, 0.3) is 0 Å². The first-order chi connectivity index (χ1) is 5.62. The number of hydrogen-bond acceptors (Lipinski definition) is 2. The Morgan fingerprint density at radius 2 is 2.08 bits per heavy atom. The number of carbonyl (C=O) groups is 1. The Bertz CT molecular complexity index is 162. The third-order valence-electron chi connectivity index (χ3n) is 2.57. The van der Waals surface area contributed by atoms with E-state index >= 15 is 0 Å². The Hall–Kier alpha value is -0.570. The molecule has 0 aromatic heterocycles. The molecule has 0 aromatic rings. The van der Waals surface area contributed by atoms with Gasteiger partial charge in [-0.15, -0.1) is 0 Å². The summed E-state index contributed by atoms with van der Waals surface area (Å²) in [5, 5.41) is 6.20. The molecule has 70 valence electrons. The van der Waals surface area contributed by atoms with E-state index in [-0.39, 0.29) is 5.91 Å². The first kappa shape index (κ1) is 9.52.